The van der Waals surface area contributed by atoms with E-state index in [4.69, 9.17) is 15.7 Å². The summed E-state index contributed by atoms with van der Waals surface area (Å²) in [7, 11) is 0. The molecule has 2 aliphatic carbocycles. The third-order valence-corrected chi connectivity index (χ3v) is 7.70. The molecule has 0 radical (unpaired) electrons. The highest BCUT2D eigenvalue weighted by Crippen LogP contribution is 2.34. The average Bonchev–Trinajstić information content (AvgIpc) is 3.20. The highest BCUT2D eigenvalue weighted by molar-refractivity contribution is 5.97. The van der Waals surface area contributed by atoms with E-state index in [2.05, 4.69) is 42.2 Å². The summed E-state index contributed by atoms with van der Waals surface area (Å²) in [5.74, 6) is 2.56. The maximum atomic E-state index is 9.30. The van der Waals surface area contributed by atoms with E-state index in [0.717, 1.165) is 17.8 Å². The van der Waals surface area contributed by atoms with Gasteiger partial charge in [-0.1, -0.05) is 30.8 Å². The first-order valence-electron chi connectivity index (χ1n) is 13.1. The summed E-state index contributed by atoms with van der Waals surface area (Å²) < 4.78 is 2.21. The van der Waals surface area contributed by atoms with Crippen LogP contribution in [0.2, 0.25) is 0 Å². The quantitative estimate of drug-likeness (QED) is 0.150. The van der Waals surface area contributed by atoms with E-state index in [-0.39, 0.29) is 23.7 Å². The topological polar surface area (TPSA) is 152 Å². The summed E-state index contributed by atoms with van der Waals surface area (Å²) in [4.78, 5) is 22.8. The minimum absolute atomic E-state index is 0.109. The van der Waals surface area contributed by atoms with Gasteiger partial charge in [-0.25, -0.2) is 9.97 Å². The summed E-state index contributed by atoms with van der Waals surface area (Å²) in [5.41, 5.74) is 8.10. The zero-order chi connectivity index (χ0) is 25.1. The number of fused-ring (bicyclic) bond motifs is 1. The van der Waals surface area contributed by atoms with E-state index >= 15 is 0 Å². The van der Waals surface area contributed by atoms with Crippen LogP contribution >= 0.6 is 0 Å². The number of nitrogens with one attached hydrogen (secondary N) is 2. The predicted octanol–water partition coefficient (Wildman–Crippen LogP) is 4.06. The number of anilines is 2. The molecule has 2 saturated carbocycles. The van der Waals surface area contributed by atoms with Crippen molar-refractivity contribution in [2.45, 2.75) is 83.8 Å². The second kappa shape index (κ2) is 10.6. The van der Waals surface area contributed by atoms with Crippen LogP contribution in [0.3, 0.4) is 0 Å². The third-order valence-electron chi connectivity index (χ3n) is 7.70. The van der Waals surface area contributed by atoms with Crippen molar-refractivity contribution >= 4 is 28.8 Å². The van der Waals surface area contributed by atoms with Crippen LogP contribution < -0.4 is 16.4 Å². The maximum absolute atomic E-state index is 9.30. The summed E-state index contributed by atoms with van der Waals surface area (Å²) in [6.45, 7) is 5.06. The SMILES string of the molecule is CC(Nc1nc2nc(/C(N)=N/O)nc(N[C@H](C)C3CCC3)c2n1CC1CCCCC1)c1cnccn1. The Morgan fingerprint density at radius 3 is 2.56 bits per heavy atom. The Bertz CT molecular complexity index is 1200. The smallest absolute Gasteiger partial charge is 0.208 e. The van der Waals surface area contributed by atoms with Gasteiger partial charge in [-0.2, -0.15) is 4.98 Å². The van der Waals surface area contributed by atoms with Gasteiger partial charge in [-0.15, -0.1) is 0 Å². The van der Waals surface area contributed by atoms with Crippen LogP contribution in [0.5, 0.6) is 0 Å². The van der Waals surface area contributed by atoms with Crippen molar-refractivity contribution in [3.63, 3.8) is 0 Å². The van der Waals surface area contributed by atoms with Gasteiger partial charge >= 0.3 is 0 Å². The van der Waals surface area contributed by atoms with E-state index in [9.17, 15) is 5.21 Å². The Hall–Kier alpha value is -3.50. The summed E-state index contributed by atoms with van der Waals surface area (Å²) in [6, 6.07) is 0.132. The van der Waals surface area contributed by atoms with Crippen LogP contribution in [0.25, 0.3) is 11.2 Å². The number of amidine groups is 1. The highest BCUT2D eigenvalue weighted by Gasteiger charge is 2.28. The molecule has 0 amide bonds. The largest absolute Gasteiger partial charge is 0.409 e. The Balaban J connectivity index is 1.59. The second-order valence-corrected chi connectivity index (χ2v) is 10.2. The third kappa shape index (κ3) is 5.05. The fourth-order valence-electron chi connectivity index (χ4n) is 5.29. The zero-order valence-electron chi connectivity index (χ0n) is 21.1. The number of nitrogens with zero attached hydrogens (tertiary/aromatic N) is 7. The molecule has 0 spiro atoms. The number of oxime groups is 1. The first-order valence-corrected chi connectivity index (χ1v) is 13.1. The van der Waals surface area contributed by atoms with Gasteiger partial charge in [0.15, 0.2) is 11.5 Å². The fourth-order valence-corrected chi connectivity index (χ4v) is 5.29. The first-order chi connectivity index (χ1) is 17.5. The van der Waals surface area contributed by atoms with Crippen LogP contribution in [0.4, 0.5) is 11.8 Å². The maximum Gasteiger partial charge on any atom is 0.208 e. The van der Waals surface area contributed by atoms with E-state index in [0.29, 0.717) is 29.2 Å². The standard InChI is InChI=1S/C25H36N10O/c1-15(18-9-6-10-18)29-22-20-23(32-24(31-22)21(26)34-36)33-25(30-16(2)19-13-27-11-12-28-19)35(20)14-17-7-4-3-5-8-17/h11-13,15-18,36H,3-10,14H2,1-2H3,(H2,26,34)(H2,29,30,31,32,33)/t15-,16?/m1/s1. The normalized spacial score (nSPS) is 19.1. The average molecular weight is 493 g/mol. The molecule has 0 aliphatic heterocycles. The molecule has 3 aromatic rings. The molecule has 2 atom stereocenters. The van der Waals surface area contributed by atoms with Crippen molar-refractivity contribution in [3.05, 3.63) is 30.1 Å². The summed E-state index contributed by atoms with van der Waals surface area (Å²) >= 11 is 0. The Kier molecular flexibility index (Phi) is 7.15. The summed E-state index contributed by atoms with van der Waals surface area (Å²) in [6.07, 6.45) is 15.0. The van der Waals surface area contributed by atoms with Crippen molar-refractivity contribution in [1.29, 1.82) is 0 Å². The predicted molar refractivity (Wildman–Crippen MR) is 139 cm³/mol. The molecule has 11 heteroatoms. The Morgan fingerprint density at radius 1 is 1.08 bits per heavy atom. The van der Waals surface area contributed by atoms with Crippen LogP contribution in [-0.4, -0.2) is 46.6 Å². The van der Waals surface area contributed by atoms with E-state index < -0.39 is 0 Å². The van der Waals surface area contributed by atoms with Crippen molar-refractivity contribution in [3.8, 4) is 0 Å². The molecule has 192 valence electrons. The lowest BCUT2D eigenvalue weighted by molar-refractivity contribution is 0.285. The number of nitrogens with two attached hydrogens (primary N) is 1. The molecule has 3 aromatic heterocycles. The van der Waals surface area contributed by atoms with E-state index in [1.807, 2.05) is 6.92 Å². The molecule has 36 heavy (non-hydrogen) atoms. The van der Waals surface area contributed by atoms with Gasteiger partial charge in [0.05, 0.1) is 17.9 Å². The van der Waals surface area contributed by atoms with Crippen molar-refractivity contribution in [1.82, 2.24) is 29.5 Å². The zero-order valence-corrected chi connectivity index (χ0v) is 21.1. The molecule has 3 heterocycles. The van der Waals surface area contributed by atoms with Crippen molar-refractivity contribution in [2.24, 2.45) is 22.7 Å². The molecule has 2 aliphatic rings. The molecular formula is C25H36N10O. The number of hydrogen-bond donors (Lipinski definition) is 4. The molecule has 2 fully saturated rings. The molecule has 1 unspecified atom stereocenters. The van der Waals surface area contributed by atoms with Gasteiger partial charge in [0, 0.05) is 25.0 Å². The molecular weight excluding hydrogens is 456 g/mol. The van der Waals surface area contributed by atoms with Crippen molar-refractivity contribution in [2.75, 3.05) is 10.6 Å². The Morgan fingerprint density at radius 2 is 1.89 bits per heavy atom. The lowest BCUT2D eigenvalue weighted by Crippen LogP contribution is -2.32. The van der Waals surface area contributed by atoms with Crippen LogP contribution in [0, 0.1) is 11.8 Å². The lowest BCUT2D eigenvalue weighted by Gasteiger charge is -2.32. The van der Waals surface area contributed by atoms with Crippen LogP contribution in [0.15, 0.2) is 23.7 Å². The number of hydrogen-bond acceptors (Lipinski definition) is 9. The number of aromatic nitrogens is 6. The van der Waals surface area contributed by atoms with E-state index in [1.54, 1.807) is 18.6 Å². The van der Waals surface area contributed by atoms with Crippen molar-refractivity contribution < 1.29 is 5.21 Å². The van der Waals surface area contributed by atoms with Gasteiger partial charge in [0.25, 0.3) is 0 Å². The molecule has 0 saturated heterocycles. The summed E-state index contributed by atoms with van der Waals surface area (Å²) in [5, 5.41) is 19.6. The van der Waals surface area contributed by atoms with Gasteiger partial charge in [0.2, 0.25) is 17.6 Å². The molecule has 5 N–H and O–H groups in total. The second-order valence-electron chi connectivity index (χ2n) is 10.2. The molecule has 5 rings (SSSR count). The molecule has 0 aromatic carbocycles. The number of rotatable bonds is 9. The minimum Gasteiger partial charge on any atom is -0.409 e. The van der Waals surface area contributed by atoms with Crippen LogP contribution in [-0.2, 0) is 6.54 Å². The fraction of sp³-hybridized carbons (Fsp3) is 0.600. The Labute approximate surface area is 211 Å². The van der Waals surface area contributed by atoms with E-state index in [1.165, 1.54) is 51.4 Å². The van der Waals surface area contributed by atoms with Crippen LogP contribution in [0.1, 0.15) is 82.8 Å². The van der Waals surface area contributed by atoms with Gasteiger partial charge in [0.1, 0.15) is 5.52 Å². The number of imidazole rings is 1. The van der Waals surface area contributed by atoms with Gasteiger partial charge in [-0.05, 0) is 51.4 Å². The minimum atomic E-state index is -0.138. The molecule has 11 nitrogen and oxygen atoms in total. The highest BCUT2D eigenvalue weighted by atomic mass is 16.4. The van der Waals surface area contributed by atoms with Gasteiger partial charge < -0.3 is 26.1 Å². The van der Waals surface area contributed by atoms with Gasteiger partial charge in [-0.3, -0.25) is 9.97 Å². The molecule has 0 bridgehead atoms. The lowest BCUT2D eigenvalue weighted by atomic mass is 9.80. The first kappa shape index (κ1) is 24.2. The monoisotopic (exact) mass is 492 g/mol.